The number of thioether (sulfide) groups is 1. The molecule has 0 unspecified atom stereocenters. The van der Waals surface area contributed by atoms with E-state index in [2.05, 4.69) is 0 Å². The van der Waals surface area contributed by atoms with Gasteiger partial charge in [0.15, 0.2) is 0 Å². The predicted octanol–water partition coefficient (Wildman–Crippen LogP) is 0.964. The minimum Gasteiger partial charge on any atom is -0.342 e. The number of amides is 2. The van der Waals surface area contributed by atoms with Gasteiger partial charge in [0.2, 0.25) is 11.8 Å². The van der Waals surface area contributed by atoms with E-state index in [9.17, 15) is 9.59 Å². The van der Waals surface area contributed by atoms with Crippen LogP contribution < -0.4 is 0 Å². The van der Waals surface area contributed by atoms with Gasteiger partial charge in [0, 0.05) is 50.5 Å². The molecule has 2 rings (SSSR count). The van der Waals surface area contributed by atoms with Gasteiger partial charge in [-0.1, -0.05) is 0 Å². The van der Waals surface area contributed by atoms with Crippen molar-refractivity contribution < 1.29 is 9.59 Å². The van der Waals surface area contributed by atoms with Crippen LogP contribution in [-0.2, 0) is 9.59 Å². The highest BCUT2D eigenvalue weighted by molar-refractivity contribution is 7.99. The number of hydrogen-bond donors (Lipinski definition) is 0. The van der Waals surface area contributed by atoms with E-state index in [-0.39, 0.29) is 0 Å². The van der Waals surface area contributed by atoms with Crippen molar-refractivity contribution in [3.05, 3.63) is 0 Å². The van der Waals surface area contributed by atoms with Crippen LogP contribution in [0.1, 0.15) is 25.7 Å². The molecule has 5 heteroatoms. The third-order valence-corrected chi connectivity index (χ3v) is 4.30. The molecule has 17 heavy (non-hydrogen) atoms. The van der Waals surface area contributed by atoms with Gasteiger partial charge in [-0.25, -0.2) is 0 Å². The van der Waals surface area contributed by atoms with Crippen LogP contribution in [0.15, 0.2) is 0 Å². The summed E-state index contributed by atoms with van der Waals surface area (Å²) in [5.74, 6) is 2.60. The predicted molar refractivity (Wildman–Crippen MR) is 69.0 cm³/mol. The molecule has 96 valence electrons. The van der Waals surface area contributed by atoms with E-state index in [4.69, 9.17) is 0 Å². The Morgan fingerprint density at radius 2 is 1.35 bits per heavy atom. The second-order valence-corrected chi connectivity index (χ2v) is 5.81. The van der Waals surface area contributed by atoms with Gasteiger partial charge in [-0.15, -0.1) is 0 Å². The SMILES string of the molecule is O=C1CCCN1CCSCCN1CCCC1=O. The molecule has 0 bridgehead atoms. The maximum absolute atomic E-state index is 11.4. The third-order valence-electron chi connectivity index (χ3n) is 3.35. The van der Waals surface area contributed by atoms with E-state index < -0.39 is 0 Å². The number of rotatable bonds is 6. The fraction of sp³-hybridized carbons (Fsp3) is 0.833. The summed E-state index contributed by atoms with van der Waals surface area (Å²) in [6, 6.07) is 0. The summed E-state index contributed by atoms with van der Waals surface area (Å²) in [6.45, 7) is 3.61. The Labute approximate surface area is 107 Å². The van der Waals surface area contributed by atoms with E-state index in [1.165, 1.54) is 0 Å². The molecule has 2 heterocycles. The first-order valence-electron chi connectivity index (χ1n) is 6.40. The third kappa shape index (κ3) is 3.63. The monoisotopic (exact) mass is 256 g/mol. The minimum absolute atomic E-state index is 0.306. The van der Waals surface area contributed by atoms with Gasteiger partial charge >= 0.3 is 0 Å². The molecule has 0 aromatic carbocycles. The normalized spacial score (nSPS) is 20.7. The van der Waals surface area contributed by atoms with Gasteiger partial charge in [0.25, 0.3) is 0 Å². The van der Waals surface area contributed by atoms with Crippen LogP contribution in [-0.4, -0.2) is 59.3 Å². The summed E-state index contributed by atoms with van der Waals surface area (Å²) in [5, 5.41) is 0. The number of carbonyl (C=O) groups excluding carboxylic acids is 2. The zero-order valence-electron chi connectivity index (χ0n) is 10.2. The molecule has 2 amide bonds. The van der Waals surface area contributed by atoms with Crippen LogP contribution in [0.5, 0.6) is 0 Å². The second kappa shape index (κ2) is 6.28. The number of nitrogens with zero attached hydrogens (tertiary/aromatic N) is 2. The van der Waals surface area contributed by atoms with Crippen molar-refractivity contribution in [3.8, 4) is 0 Å². The molecule has 2 fully saturated rings. The largest absolute Gasteiger partial charge is 0.342 e. The average molecular weight is 256 g/mol. The Morgan fingerprint density at radius 3 is 1.71 bits per heavy atom. The van der Waals surface area contributed by atoms with Gasteiger partial charge in [-0.2, -0.15) is 11.8 Å². The first kappa shape index (κ1) is 12.7. The molecule has 0 aromatic rings. The van der Waals surface area contributed by atoms with Gasteiger partial charge in [-0.3, -0.25) is 9.59 Å². The molecular formula is C12H20N2O2S. The molecule has 0 atom stereocenters. The van der Waals surface area contributed by atoms with Gasteiger partial charge in [-0.05, 0) is 12.8 Å². The summed E-state index contributed by atoms with van der Waals surface area (Å²) >= 11 is 1.84. The minimum atomic E-state index is 0.306. The average Bonchev–Trinajstić information content (AvgIpc) is 2.89. The molecule has 0 radical (unpaired) electrons. The van der Waals surface area contributed by atoms with Crippen molar-refractivity contribution in [2.45, 2.75) is 25.7 Å². The highest BCUT2D eigenvalue weighted by atomic mass is 32.2. The van der Waals surface area contributed by atoms with Gasteiger partial charge in [0.1, 0.15) is 0 Å². The van der Waals surface area contributed by atoms with Crippen molar-refractivity contribution in [2.75, 3.05) is 37.7 Å². The number of hydrogen-bond acceptors (Lipinski definition) is 3. The molecule has 2 aliphatic rings. The zero-order chi connectivity index (χ0) is 12.1. The molecule has 0 spiro atoms. The first-order chi connectivity index (χ1) is 8.27. The Balaban J connectivity index is 1.51. The van der Waals surface area contributed by atoms with Crippen molar-refractivity contribution in [2.24, 2.45) is 0 Å². The van der Waals surface area contributed by atoms with E-state index in [1.54, 1.807) is 0 Å². The van der Waals surface area contributed by atoms with E-state index >= 15 is 0 Å². The van der Waals surface area contributed by atoms with E-state index in [0.29, 0.717) is 11.8 Å². The first-order valence-corrected chi connectivity index (χ1v) is 7.56. The molecule has 2 aliphatic heterocycles. The Hall–Kier alpha value is -0.710. The van der Waals surface area contributed by atoms with Crippen molar-refractivity contribution in [3.63, 3.8) is 0 Å². The van der Waals surface area contributed by atoms with Crippen LogP contribution in [0, 0.1) is 0 Å². The standard InChI is InChI=1S/C12H20N2O2S/c15-11-3-1-5-13(11)7-9-17-10-8-14-6-2-4-12(14)16/h1-10H2. The molecule has 0 N–H and O–H groups in total. The van der Waals surface area contributed by atoms with Crippen LogP contribution in [0.4, 0.5) is 0 Å². The van der Waals surface area contributed by atoms with Crippen LogP contribution >= 0.6 is 11.8 Å². The maximum Gasteiger partial charge on any atom is 0.222 e. The fourth-order valence-electron chi connectivity index (χ4n) is 2.33. The smallest absolute Gasteiger partial charge is 0.222 e. The quantitative estimate of drug-likeness (QED) is 0.665. The summed E-state index contributed by atoms with van der Waals surface area (Å²) in [5.41, 5.74) is 0. The van der Waals surface area contributed by atoms with Gasteiger partial charge < -0.3 is 9.80 Å². The van der Waals surface area contributed by atoms with E-state index in [0.717, 1.165) is 63.4 Å². The fourth-order valence-corrected chi connectivity index (χ4v) is 3.24. The molecule has 0 aliphatic carbocycles. The number of carbonyl (C=O) groups is 2. The van der Waals surface area contributed by atoms with Crippen molar-refractivity contribution in [1.29, 1.82) is 0 Å². The van der Waals surface area contributed by atoms with Crippen LogP contribution in [0.25, 0.3) is 0 Å². The lowest BCUT2D eigenvalue weighted by molar-refractivity contribution is -0.128. The molecule has 0 saturated carbocycles. The highest BCUT2D eigenvalue weighted by Crippen LogP contribution is 2.13. The summed E-state index contributed by atoms with van der Waals surface area (Å²) in [6.07, 6.45) is 3.50. The topological polar surface area (TPSA) is 40.6 Å². The highest BCUT2D eigenvalue weighted by Gasteiger charge is 2.20. The van der Waals surface area contributed by atoms with Crippen LogP contribution in [0.3, 0.4) is 0 Å². The van der Waals surface area contributed by atoms with Crippen LogP contribution in [0.2, 0.25) is 0 Å². The maximum atomic E-state index is 11.4. The molecular weight excluding hydrogens is 236 g/mol. The summed E-state index contributed by atoms with van der Waals surface area (Å²) < 4.78 is 0. The van der Waals surface area contributed by atoms with E-state index in [1.807, 2.05) is 21.6 Å². The number of likely N-dealkylation sites (tertiary alicyclic amines) is 2. The van der Waals surface area contributed by atoms with Crippen molar-refractivity contribution in [1.82, 2.24) is 9.80 Å². The molecule has 0 aromatic heterocycles. The van der Waals surface area contributed by atoms with Gasteiger partial charge in [0.05, 0.1) is 0 Å². The summed E-state index contributed by atoms with van der Waals surface area (Å²) in [7, 11) is 0. The summed E-state index contributed by atoms with van der Waals surface area (Å²) in [4.78, 5) is 26.6. The second-order valence-electron chi connectivity index (χ2n) is 4.58. The molecule has 4 nitrogen and oxygen atoms in total. The lowest BCUT2D eigenvalue weighted by Crippen LogP contribution is -2.28. The zero-order valence-corrected chi connectivity index (χ0v) is 11.0. The van der Waals surface area contributed by atoms with Crippen molar-refractivity contribution >= 4 is 23.6 Å². The Bertz CT molecular complexity index is 268. The Kier molecular flexibility index (Phi) is 4.71. The molecule has 2 saturated heterocycles. The Morgan fingerprint density at radius 1 is 0.882 bits per heavy atom. The lowest BCUT2D eigenvalue weighted by atomic mass is 10.4. The lowest BCUT2D eigenvalue weighted by Gasteiger charge is -2.17.